The summed E-state index contributed by atoms with van der Waals surface area (Å²) in [6.07, 6.45) is 3.64. The molecular formula is C23H31N3O4S. The van der Waals surface area contributed by atoms with Crippen molar-refractivity contribution in [1.29, 1.82) is 0 Å². The predicted molar refractivity (Wildman–Crippen MR) is 122 cm³/mol. The fraction of sp³-hybridized carbons (Fsp3) is 0.435. The predicted octanol–water partition coefficient (Wildman–Crippen LogP) is 3.49. The second kappa shape index (κ2) is 10.6. The molecule has 2 aromatic rings. The van der Waals surface area contributed by atoms with Crippen molar-refractivity contribution in [2.24, 2.45) is 0 Å². The highest BCUT2D eigenvalue weighted by atomic mass is 32.2. The number of carbonyl (C=O) groups is 1. The van der Waals surface area contributed by atoms with Gasteiger partial charge in [-0.05, 0) is 75.7 Å². The van der Waals surface area contributed by atoms with Crippen LogP contribution in [0, 0.1) is 0 Å². The molecule has 1 atom stereocenters. The van der Waals surface area contributed by atoms with Crippen molar-refractivity contribution < 1.29 is 17.9 Å². The maximum absolute atomic E-state index is 12.8. The quantitative estimate of drug-likeness (QED) is 0.617. The molecule has 1 aliphatic heterocycles. The molecule has 1 unspecified atom stereocenters. The molecule has 0 saturated carbocycles. The van der Waals surface area contributed by atoms with Crippen molar-refractivity contribution in [3.8, 4) is 5.75 Å². The van der Waals surface area contributed by atoms with Crippen molar-refractivity contribution in [2.75, 3.05) is 31.0 Å². The van der Waals surface area contributed by atoms with E-state index >= 15 is 0 Å². The number of sulfonamides is 1. The summed E-state index contributed by atoms with van der Waals surface area (Å²) in [6.45, 7) is 7.02. The Morgan fingerprint density at radius 1 is 1.16 bits per heavy atom. The van der Waals surface area contributed by atoms with Gasteiger partial charge in [-0.1, -0.05) is 12.5 Å². The number of ether oxygens (including phenoxy) is 1. The normalized spacial score (nSPS) is 17.2. The Bertz CT molecular complexity index is 977. The lowest BCUT2D eigenvalue weighted by Gasteiger charge is -2.33. The second-order valence-electron chi connectivity index (χ2n) is 7.73. The molecule has 2 aromatic carbocycles. The molecule has 0 aliphatic carbocycles. The summed E-state index contributed by atoms with van der Waals surface area (Å²) >= 11 is 0. The third kappa shape index (κ3) is 6.45. The summed E-state index contributed by atoms with van der Waals surface area (Å²) in [5, 5.41) is 2.90. The Kier molecular flexibility index (Phi) is 7.92. The van der Waals surface area contributed by atoms with Crippen LogP contribution in [0.2, 0.25) is 0 Å². The summed E-state index contributed by atoms with van der Waals surface area (Å²) in [5.74, 6) is 0.394. The van der Waals surface area contributed by atoms with Gasteiger partial charge in [0.25, 0.3) is 15.9 Å². The van der Waals surface area contributed by atoms with Gasteiger partial charge in [0.1, 0.15) is 5.75 Å². The zero-order valence-electron chi connectivity index (χ0n) is 18.1. The monoisotopic (exact) mass is 445 g/mol. The van der Waals surface area contributed by atoms with Gasteiger partial charge in [-0.2, -0.15) is 0 Å². The van der Waals surface area contributed by atoms with Crippen LogP contribution in [0.15, 0.2) is 53.4 Å². The van der Waals surface area contributed by atoms with E-state index in [1.54, 1.807) is 36.4 Å². The van der Waals surface area contributed by atoms with Crippen LogP contribution in [0.5, 0.6) is 5.75 Å². The first-order chi connectivity index (χ1) is 14.9. The molecule has 1 fully saturated rings. The Morgan fingerprint density at radius 2 is 1.94 bits per heavy atom. The van der Waals surface area contributed by atoms with Gasteiger partial charge in [0.05, 0.1) is 11.5 Å². The highest BCUT2D eigenvalue weighted by Crippen LogP contribution is 2.20. The van der Waals surface area contributed by atoms with Gasteiger partial charge in [-0.3, -0.25) is 14.4 Å². The van der Waals surface area contributed by atoms with Gasteiger partial charge in [-0.15, -0.1) is 0 Å². The Hall–Kier alpha value is -2.58. The maximum atomic E-state index is 12.8. The van der Waals surface area contributed by atoms with E-state index in [0.717, 1.165) is 13.1 Å². The van der Waals surface area contributed by atoms with E-state index in [1.165, 1.54) is 31.4 Å². The Labute approximate surface area is 184 Å². The van der Waals surface area contributed by atoms with Crippen LogP contribution >= 0.6 is 0 Å². The van der Waals surface area contributed by atoms with Crippen molar-refractivity contribution in [3.63, 3.8) is 0 Å². The number of nitrogens with one attached hydrogen (secondary N) is 2. The molecule has 1 amide bonds. The minimum Gasteiger partial charge on any atom is -0.494 e. The Balaban J connectivity index is 1.60. The largest absolute Gasteiger partial charge is 0.494 e. The molecular weight excluding hydrogens is 414 g/mol. The maximum Gasteiger partial charge on any atom is 0.261 e. The van der Waals surface area contributed by atoms with Crippen LogP contribution in [-0.2, 0) is 10.0 Å². The molecule has 1 saturated heterocycles. The van der Waals surface area contributed by atoms with E-state index in [2.05, 4.69) is 21.9 Å². The number of benzene rings is 2. The number of piperidine rings is 1. The van der Waals surface area contributed by atoms with Gasteiger partial charge in [-0.25, -0.2) is 8.42 Å². The topological polar surface area (TPSA) is 87.7 Å². The van der Waals surface area contributed by atoms with Crippen LogP contribution in [0.3, 0.4) is 0 Å². The van der Waals surface area contributed by atoms with Gasteiger partial charge < -0.3 is 10.1 Å². The molecule has 0 spiro atoms. The van der Waals surface area contributed by atoms with Crippen molar-refractivity contribution in [2.45, 2.75) is 44.0 Å². The summed E-state index contributed by atoms with van der Waals surface area (Å²) in [5.41, 5.74) is 0.746. The van der Waals surface area contributed by atoms with E-state index < -0.39 is 10.0 Å². The SMILES string of the molecule is CCOc1ccc(NS(=O)(=O)c2cccc(C(=O)NCCN3CCCCC3C)c2)cc1. The third-order valence-corrected chi connectivity index (χ3v) is 6.83. The molecule has 3 rings (SSSR count). The van der Waals surface area contributed by atoms with Crippen LogP contribution < -0.4 is 14.8 Å². The summed E-state index contributed by atoms with van der Waals surface area (Å²) in [7, 11) is -3.82. The van der Waals surface area contributed by atoms with Crippen molar-refractivity contribution in [1.82, 2.24) is 10.2 Å². The number of likely N-dealkylation sites (tertiary alicyclic amines) is 1. The minimum atomic E-state index is -3.82. The number of amides is 1. The number of hydrogen-bond donors (Lipinski definition) is 2. The molecule has 0 aromatic heterocycles. The van der Waals surface area contributed by atoms with E-state index in [-0.39, 0.29) is 10.8 Å². The highest BCUT2D eigenvalue weighted by Gasteiger charge is 2.19. The van der Waals surface area contributed by atoms with Crippen LogP contribution in [0.4, 0.5) is 5.69 Å². The summed E-state index contributed by atoms with van der Waals surface area (Å²) in [6, 6.07) is 13.3. The molecule has 1 aliphatic rings. The van der Waals surface area contributed by atoms with Crippen LogP contribution in [0.25, 0.3) is 0 Å². The van der Waals surface area contributed by atoms with E-state index in [0.29, 0.717) is 36.2 Å². The lowest BCUT2D eigenvalue weighted by Crippen LogP contribution is -2.42. The molecule has 2 N–H and O–H groups in total. The first kappa shape index (κ1) is 23.1. The third-order valence-electron chi connectivity index (χ3n) is 5.45. The van der Waals surface area contributed by atoms with Gasteiger partial charge in [0.2, 0.25) is 0 Å². The van der Waals surface area contributed by atoms with Crippen molar-refractivity contribution in [3.05, 3.63) is 54.1 Å². The summed E-state index contributed by atoms with van der Waals surface area (Å²) < 4.78 is 33.4. The fourth-order valence-electron chi connectivity index (χ4n) is 3.71. The van der Waals surface area contributed by atoms with E-state index in [9.17, 15) is 13.2 Å². The zero-order chi connectivity index (χ0) is 22.3. The smallest absolute Gasteiger partial charge is 0.261 e. The second-order valence-corrected chi connectivity index (χ2v) is 9.41. The van der Waals surface area contributed by atoms with E-state index in [4.69, 9.17) is 4.74 Å². The van der Waals surface area contributed by atoms with Crippen molar-refractivity contribution >= 4 is 21.6 Å². The van der Waals surface area contributed by atoms with Gasteiger partial charge >= 0.3 is 0 Å². The number of anilines is 1. The molecule has 31 heavy (non-hydrogen) atoms. The number of carbonyl (C=O) groups excluding carboxylic acids is 1. The number of hydrogen-bond acceptors (Lipinski definition) is 5. The van der Waals surface area contributed by atoms with Gasteiger partial charge in [0.15, 0.2) is 0 Å². The molecule has 1 heterocycles. The summed E-state index contributed by atoms with van der Waals surface area (Å²) in [4.78, 5) is 15.0. The fourth-order valence-corrected chi connectivity index (χ4v) is 4.81. The van der Waals surface area contributed by atoms with Crippen LogP contribution in [-0.4, -0.2) is 51.5 Å². The number of rotatable bonds is 9. The minimum absolute atomic E-state index is 0.0405. The average molecular weight is 446 g/mol. The molecule has 0 radical (unpaired) electrons. The molecule has 7 nitrogen and oxygen atoms in total. The van der Waals surface area contributed by atoms with Crippen LogP contribution in [0.1, 0.15) is 43.5 Å². The zero-order valence-corrected chi connectivity index (χ0v) is 19.0. The average Bonchev–Trinajstić information content (AvgIpc) is 2.76. The lowest BCUT2D eigenvalue weighted by molar-refractivity contribution is 0.0938. The number of nitrogens with zero attached hydrogens (tertiary/aromatic N) is 1. The lowest BCUT2D eigenvalue weighted by atomic mass is 10.0. The molecule has 0 bridgehead atoms. The standard InChI is InChI=1S/C23H31N3O4S/c1-3-30-21-12-10-20(11-13-21)25-31(28,29)22-9-6-8-19(17-22)23(27)24-14-16-26-15-5-4-7-18(26)2/h6,8-13,17-18,25H,3-5,7,14-16H2,1-2H3,(H,24,27). The van der Waals surface area contributed by atoms with E-state index in [1.807, 2.05) is 6.92 Å². The Morgan fingerprint density at radius 3 is 2.65 bits per heavy atom. The molecule has 8 heteroatoms. The highest BCUT2D eigenvalue weighted by molar-refractivity contribution is 7.92. The first-order valence-electron chi connectivity index (χ1n) is 10.8. The first-order valence-corrected chi connectivity index (χ1v) is 12.3. The molecule has 168 valence electrons. The van der Waals surface area contributed by atoms with Gasteiger partial charge in [0, 0.05) is 30.4 Å².